The summed E-state index contributed by atoms with van der Waals surface area (Å²) in [6, 6.07) is 15.9. The Morgan fingerprint density at radius 1 is 1.12 bits per heavy atom. The fourth-order valence-corrected chi connectivity index (χ4v) is 2.57. The van der Waals surface area contributed by atoms with Crippen LogP contribution in [0.2, 0.25) is 0 Å². The van der Waals surface area contributed by atoms with E-state index in [9.17, 15) is 8.42 Å². The predicted molar refractivity (Wildman–Crippen MR) is 67.0 cm³/mol. The first-order valence-electron chi connectivity index (χ1n) is 4.59. The maximum Gasteiger partial charge on any atom is 0.169 e. The van der Waals surface area contributed by atoms with E-state index in [1.165, 1.54) is 6.07 Å². The number of benzene rings is 2. The molecule has 0 atom stereocenters. The minimum Gasteiger partial charge on any atom is -0.227 e. The van der Waals surface area contributed by atoms with Crippen LogP contribution >= 0.6 is 15.9 Å². The average molecular weight is 296 g/mol. The summed E-state index contributed by atoms with van der Waals surface area (Å²) in [4.78, 5) is 0.259. The van der Waals surface area contributed by atoms with E-state index in [2.05, 4.69) is 22.0 Å². The lowest BCUT2D eigenvalue weighted by Gasteiger charge is -2.02. The summed E-state index contributed by atoms with van der Waals surface area (Å²) in [5, 5.41) is 0. The molecule has 2 aromatic carbocycles. The van der Waals surface area contributed by atoms with Gasteiger partial charge in [-0.2, -0.15) is 0 Å². The number of hydrogen-bond donors (Lipinski definition) is 1. The van der Waals surface area contributed by atoms with Crippen LogP contribution in [-0.2, 0) is 10.7 Å². The number of hydrogen-bond acceptors (Lipinski definition) is 2. The van der Waals surface area contributed by atoms with Crippen LogP contribution in [0.4, 0.5) is 0 Å². The van der Waals surface area contributed by atoms with Gasteiger partial charge in [-0.3, -0.25) is 0 Å². The first-order chi connectivity index (χ1) is 7.68. The molecule has 2 nitrogen and oxygen atoms in total. The fourth-order valence-electron chi connectivity index (χ4n) is 1.38. The SMILES string of the molecule is O=[SH](=O)c1c[c]c(-c2ccccc2)cc1Br. The second-order valence-corrected chi connectivity index (χ2v) is 5.05. The molecule has 0 heterocycles. The van der Waals surface area contributed by atoms with E-state index in [0.717, 1.165) is 11.1 Å². The van der Waals surface area contributed by atoms with Gasteiger partial charge >= 0.3 is 0 Å². The van der Waals surface area contributed by atoms with Crippen molar-refractivity contribution >= 4 is 26.6 Å². The Kier molecular flexibility index (Phi) is 3.41. The first kappa shape index (κ1) is 11.4. The third kappa shape index (κ3) is 2.33. The van der Waals surface area contributed by atoms with E-state index in [4.69, 9.17) is 0 Å². The van der Waals surface area contributed by atoms with Crippen molar-refractivity contribution in [2.24, 2.45) is 0 Å². The Balaban J connectivity index is 2.50. The van der Waals surface area contributed by atoms with Crippen LogP contribution in [0.15, 0.2) is 51.8 Å². The van der Waals surface area contributed by atoms with Crippen molar-refractivity contribution < 1.29 is 8.42 Å². The normalized spacial score (nSPS) is 10.6. The second kappa shape index (κ2) is 4.80. The molecule has 81 valence electrons. The highest BCUT2D eigenvalue weighted by atomic mass is 79.9. The van der Waals surface area contributed by atoms with E-state index in [1.54, 1.807) is 6.07 Å². The van der Waals surface area contributed by atoms with Crippen LogP contribution in [0, 0.1) is 6.07 Å². The van der Waals surface area contributed by atoms with Crippen molar-refractivity contribution in [3.63, 3.8) is 0 Å². The van der Waals surface area contributed by atoms with Crippen molar-refractivity contribution in [3.05, 3.63) is 53.0 Å². The van der Waals surface area contributed by atoms with Crippen LogP contribution in [-0.4, -0.2) is 8.42 Å². The van der Waals surface area contributed by atoms with E-state index < -0.39 is 10.7 Å². The van der Waals surface area contributed by atoms with Gasteiger partial charge in [0.05, 0.1) is 4.90 Å². The van der Waals surface area contributed by atoms with Crippen LogP contribution in [0.25, 0.3) is 11.1 Å². The molecule has 0 saturated heterocycles. The van der Waals surface area contributed by atoms with Gasteiger partial charge < -0.3 is 0 Å². The minimum atomic E-state index is -2.58. The molecule has 4 heteroatoms. The van der Waals surface area contributed by atoms with Gasteiger partial charge in [0.1, 0.15) is 0 Å². The van der Waals surface area contributed by atoms with E-state index in [1.807, 2.05) is 30.3 Å². The minimum absolute atomic E-state index is 0.259. The predicted octanol–water partition coefficient (Wildman–Crippen LogP) is 2.89. The molecule has 0 aliphatic rings. The molecule has 0 aromatic heterocycles. The largest absolute Gasteiger partial charge is 0.227 e. The average Bonchev–Trinajstić information content (AvgIpc) is 2.29. The van der Waals surface area contributed by atoms with Crippen molar-refractivity contribution in [1.29, 1.82) is 0 Å². The zero-order chi connectivity index (χ0) is 11.5. The fraction of sp³-hybridized carbons (Fsp3) is 0. The smallest absolute Gasteiger partial charge is 0.169 e. The maximum absolute atomic E-state index is 10.9. The van der Waals surface area contributed by atoms with E-state index in [0.29, 0.717) is 4.47 Å². The highest BCUT2D eigenvalue weighted by molar-refractivity contribution is 9.10. The van der Waals surface area contributed by atoms with Crippen molar-refractivity contribution in [3.8, 4) is 11.1 Å². The van der Waals surface area contributed by atoms with Crippen molar-refractivity contribution in [2.75, 3.05) is 0 Å². The number of thiol groups is 1. The Labute approximate surface area is 104 Å². The summed E-state index contributed by atoms with van der Waals surface area (Å²) in [7, 11) is -2.58. The van der Waals surface area contributed by atoms with E-state index >= 15 is 0 Å². The lowest BCUT2D eigenvalue weighted by molar-refractivity contribution is 0.614. The highest BCUT2D eigenvalue weighted by Gasteiger charge is 2.04. The van der Waals surface area contributed by atoms with Crippen LogP contribution < -0.4 is 0 Å². The Morgan fingerprint density at radius 2 is 1.81 bits per heavy atom. The molecule has 0 spiro atoms. The third-order valence-electron chi connectivity index (χ3n) is 2.16. The molecule has 0 fully saturated rings. The standard InChI is InChI=1S/C12H8BrO2S/c13-11-8-10(6-7-12(11)16(14)15)9-4-2-1-3-5-9/h1-5,7-8,16H. The summed E-state index contributed by atoms with van der Waals surface area (Å²) in [5.41, 5.74) is 1.88. The van der Waals surface area contributed by atoms with Gasteiger partial charge in [0.15, 0.2) is 10.7 Å². The summed E-state index contributed by atoms with van der Waals surface area (Å²) in [5.74, 6) is 0. The quantitative estimate of drug-likeness (QED) is 0.865. The Hall–Kier alpha value is -1.13. The molecule has 0 saturated carbocycles. The topological polar surface area (TPSA) is 34.1 Å². The Bertz CT molecular complexity index is 569. The highest BCUT2D eigenvalue weighted by Crippen LogP contribution is 2.25. The lowest BCUT2D eigenvalue weighted by atomic mass is 10.1. The van der Waals surface area contributed by atoms with Crippen molar-refractivity contribution in [1.82, 2.24) is 0 Å². The van der Waals surface area contributed by atoms with Crippen LogP contribution in [0.5, 0.6) is 0 Å². The molecule has 16 heavy (non-hydrogen) atoms. The zero-order valence-corrected chi connectivity index (χ0v) is 10.7. The number of rotatable bonds is 2. The third-order valence-corrected chi connectivity index (χ3v) is 3.89. The zero-order valence-electron chi connectivity index (χ0n) is 8.18. The molecule has 0 N–H and O–H groups in total. The van der Waals surface area contributed by atoms with Gasteiger partial charge in [0.2, 0.25) is 0 Å². The molecule has 0 unspecified atom stereocenters. The molecule has 2 aromatic rings. The summed E-state index contributed by atoms with van der Waals surface area (Å²) in [6.45, 7) is 0. The molecule has 0 bridgehead atoms. The monoisotopic (exact) mass is 295 g/mol. The molecule has 2 rings (SSSR count). The molecule has 0 amide bonds. The van der Waals surface area contributed by atoms with Gasteiger partial charge in [-0.25, -0.2) is 8.42 Å². The molecule has 1 radical (unpaired) electrons. The van der Waals surface area contributed by atoms with Crippen LogP contribution in [0.1, 0.15) is 0 Å². The number of halogens is 1. The van der Waals surface area contributed by atoms with Gasteiger partial charge in [-0.05, 0) is 45.3 Å². The molecule has 0 aliphatic carbocycles. The molecular weight excluding hydrogens is 288 g/mol. The maximum atomic E-state index is 10.9. The second-order valence-electron chi connectivity index (χ2n) is 3.20. The summed E-state index contributed by atoms with van der Waals surface area (Å²) in [6.07, 6.45) is 0. The van der Waals surface area contributed by atoms with Gasteiger partial charge in [-0.15, -0.1) is 0 Å². The van der Waals surface area contributed by atoms with Crippen LogP contribution in [0.3, 0.4) is 0 Å². The van der Waals surface area contributed by atoms with Gasteiger partial charge in [-0.1, -0.05) is 30.3 Å². The van der Waals surface area contributed by atoms with E-state index in [-0.39, 0.29) is 4.90 Å². The lowest BCUT2D eigenvalue weighted by Crippen LogP contribution is -1.85. The van der Waals surface area contributed by atoms with Gasteiger partial charge in [0.25, 0.3) is 0 Å². The summed E-state index contributed by atoms with van der Waals surface area (Å²) >= 11 is 3.24. The Morgan fingerprint density at radius 3 is 2.38 bits per heavy atom. The summed E-state index contributed by atoms with van der Waals surface area (Å²) < 4.78 is 22.3. The molecule has 0 aliphatic heterocycles. The van der Waals surface area contributed by atoms with Gasteiger partial charge in [0, 0.05) is 4.47 Å². The molecular formula is C12H8BrO2S. The van der Waals surface area contributed by atoms with Crippen molar-refractivity contribution in [2.45, 2.75) is 4.90 Å². The first-order valence-corrected chi connectivity index (χ1v) is 6.56.